The van der Waals surface area contributed by atoms with Crippen LogP contribution in [0.5, 0.6) is 0 Å². The molecule has 0 unspecified atom stereocenters. The molecule has 10 heavy (non-hydrogen) atoms. The molecule has 2 nitrogen and oxygen atoms in total. The van der Waals surface area contributed by atoms with Gasteiger partial charge in [0, 0.05) is 0 Å². The number of hydrogen-bond donors (Lipinski definition) is 0. The quantitative estimate of drug-likeness (QED) is 0.429. The molecule has 3 heteroatoms. The summed E-state index contributed by atoms with van der Waals surface area (Å²) in [6, 6.07) is 0. The van der Waals surface area contributed by atoms with E-state index in [1.54, 1.807) is 6.92 Å². The van der Waals surface area contributed by atoms with E-state index >= 15 is 0 Å². The molecule has 0 aromatic heterocycles. The molecule has 1 aliphatic rings. The first-order valence-electron chi connectivity index (χ1n) is 2.57. The van der Waals surface area contributed by atoms with Crippen LogP contribution in [0.15, 0.2) is 17.7 Å². The van der Waals surface area contributed by atoms with Gasteiger partial charge < -0.3 is 9.59 Å². The predicted octanol–water partition coefficient (Wildman–Crippen LogP) is 0.441. The molecule has 1 rings (SSSR count). The Hall–Kier alpha value is -0.0761. The van der Waals surface area contributed by atoms with Crippen LogP contribution in [-0.4, -0.2) is 11.6 Å². The van der Waals surface area contributed by atoms with Crippen LogP contribution in [0.1, 0.15) is 6.92 Å². The number of ketones is 2. The van der Waals surface area contributed by atoms with E-state index < -0.39 is 0 Å². The van der Waals surface area contributed by atoms with Gasteiger partial charge in [-0.2, -0.15) is 0 Å². The van der Waals surface area contributed by atoms with Crippen LogP contribution in [0.4, 0.5) is 0 Å². The topological polar surface area (TPSA) is 34.1 Å². The third kappa shape index (κ3) is 2.27. The van der Waals surface area contributed by atoms with Crippen molar-refractivity contribution in [2.24, 2.45) is 0 Å². The minimum absolute atomic E-state index is 0. The number of carbonyl (C=O) groups excluding carboxylic acids is 2. The minimum atomic E-state index is -0.230. The van der Waals surface area contributed by atoms with Crippen molar-refractivity contribution >= 4 is 11.6 Å². The molecule has 0 aromatic rings. The third-order valence-electron chi connectivity index (χ3n) is 1.07. The van der Waals surface area contributed by atoms with Crippen molar-refractivity contribution in [3.05, 3.63) is 23.8 Å². The van der Waals surface area contributed by atoms with Gasteiger partial charge in [-0.3, -0.25) is 0 Å². The van der Waals surface area contributed by atoms with Crippen LogP contribution in [0.3, 0.4) is 0 Å². The summed E-state index contributed by atoms with van der Waals surface area (Å²) in [4.78, 5) is 21.0. The second kappa shape index (κ2) is 3.94. The Balaban J connectivity index is 0.000000810. The molecule has 0 amide bonds. The van der Waals surface area contributed by atoms with E-state index in [-0.39, 0.29) is 44.3 Å². The number of allylic oxidation sites excluding steroid dienone is 4. The van der Waals surface area contributed by atoms with E-state index in [2.05, 4.69) is 6.08 Å². The van der Waals surface area contributed by atoms with Gasteiger partial charge >= 0.3 is 32.7 Å². The Bertz CT molecular complexity index is 226. The molecule has 0 aliphatic heterocycles. The van der Waals surface area contributed by atoms with Crippen LogP contribution in [-0.2, 0) is 42.3 Å². The third-order valence-corrected chi connectivity index (χ3v) is 1.07. The zero-order valence-corrected chi connectivity index (χ0v) is 8.39. The summed E-state index contributed by atoms with van der Waals surface area (Å²) in [7, 11) is 0. The van der Waals surface area contributed by atoms with Gasteiger partial charge in [-0.15, -0.1) is 23.8 Å². The molecule has 0 bridgehead atoms. The molecule has 0 saturated heterocycles. The van der Waals surface area contributed by atoms with Crippen molar-refractivity contribution in [2.45, 2.75) is 6.92 Å². The summed E-state index contributed by atoms with van der Waals surface area (Å²) in [5.74, 6) is -0.360. The first kappa shape index (κ1) is 9.92. The summed E-state index contributed by atoms with van der Waals surface area (Å²) in [5.41, 5.74) is 0.391. The Morgan fingerprint density at radius 3 is 2.30 bits per heavy atom. The number of carbonyl (C=O) groups is 2. The normalized spacial score (nSPS) is 16.3. The van der Waals surface area contributed by atoms with Gasteiger partial charge in [0.2, 0.25) is 0 Å². The fourth-order valence-corrected chi connectivity index (χ4v) is 0.564. The smallest absolute Gasteiger partial charge is 0.366 e. The summed E-state index contributed by atoms with van der Waals surface area (Å²) in [5, 5.41) is 0. The van der Waals surface area contributed by atoms with Crippen molar-refractivity contribution in [3.63, 3.8) is 0 Å². The van der Waals surface area contributed by atoms with E-state index in [1.807, 2.05) is 0 Å². The zero-order chi connectivity index (χ0) is 6.85. The second-order valence-corrected chi connectivity index (χ2v) is 1.81. The molecule has 0 N–H and O–H groups in total. The van der Waals surface area contributed by atoms with E-state index in [0.29, 0.717) is 5.57 Å². The van der Waals surface area contributed by atoms with Crippen LogP contribution in [0.2, 0.25) is 0 Å². The van der Waals surface area contributed by atoms with Crippen molar-refractivity contribution in [1.82, 2.24) is 0 Å². The van der Waals surface area contributed by atoms with Gasteiger partial charge in [0.05, 0.1) is 11.6 Å². The Labute approximate surface area is 84.3 Å². The van der Waals surface area contributed by atoms with Crippen molar-refractivity contribution in [3.8, 4) is 0 Å². The van der Waals surface area contributed by atoms with Gasteiger partial charge in [-0.05, 0) is 0 Å². The van der Waals surface area contributed by atoms with E-state index in [9.17, 15) is 9.59 Å². The molecule has 46 valence electrons. The maximum atomic E-state index is 10.6. The molecular weight excluding hydrogens is 205 g/mol. The first-order chi connectivity index (χ1) is 4.20. The fraction of sp³-hybridized carbons (Fsp3) is 0.143. The van der Waals surface area contributed by atoms with Crippen molar-refractivity contribution in [1.29, 1.82) is 0 Å². The van der Waals surface area contributed by atoms with Crippen LogP contribution >= 0.6 is 0 Å². The maximum Gasteiger partial charge on any atom is 3.00 e. The molecule has 0 fully saturated rings. The minimum Gasteiger partial charge on any atom is -0.366 e. The van der Waals surface area contributed by atoms with Gasteiger partial charge in [-0.1, -0.05) is 6.92 Å². The molecule has 0 radical (unpaired) electrons. The molecule has 0 saturated carbocycles. The molecule has 0 aromatic carbocycles. The van der Waals surface area contributed by atoms with Crippen LogP contribution in [0, 0.1) is 6.08 Å². The van der Waals surface area contributed by atoms with Gasteiger partial charge in [0.15, 0.2) is 0 Å². The summed E-state index contributed by atoms with van der Waals surface area (Å²) in [6.45, 7) is 1.57. The van der Waals surface area contributed by atoms with Crippen LogP contribution < -0.4 is 0 Å². The molecule has 0 atom stereocenters. The van der Waals surface area contributed by atoms with Gasteiger partial charge in [-0.25, -0.2) is 0 Å². The Morgan fingerprint density at radius 1 is 1.30 bits per heavy atom. The summed E-state index contributed by atoms with van der Waals surface area (Å²) < 4.78 is 0. The number of hydrogen-bond acceptors (Lipinski definition) is 2. The Kier molecular flexibility index (Phi) is 3.91. The van der Waals surface area contributed by atoms with Crippen molar-refractivity contribution in [2.75, 3.05) is 0 Å². The second-order valence-electron chi connectivity index (χ2n) is 1.81. The Morgan fingerprint density at radius 2 is 1.90 bits per heavy atom. The maximum absolute atomic E-state index is 10.6. The van der Waals surface area contributed by atoms with Gasteiger partial charge in [0.1, 0.15) is 0 Å². The van der Waals surface area contributed by atoms with E-state index in [0.717, 1.165) is 0 Å². The van der Waals surface area contributed by atoms with E-state index in [1.165, 1.54) is 12.2 Å². The molecule has 0 spiro atoms. The zero-order valence-electron chi connectivity index (χ0n) is 5.55. The monoisotopic (exact) mass is 210 g/mol. The van der Waals surface area contributed by atoms with E-state index in [4.69, 9.17) is 0 Å². The average molecular weight is 210 g/mol. The average Bonchev–Trinajstić information content (AvgIpc) is 1.80. The fourth-order valence-electron chi connectivity index (χ4n) is 0.564. The summed E-state index contributed by atoms with van der Waals surface area (Å²) in [6.07, 6.45) is 4.85. The van der Waals surface area contributed by atoms with Crippen molar-refractivity contribution < 1.29 is 42.3 Å². The standard InChI is InChI=1S/C7H5O2.Y/c1-5-4-6(8)2-3-7(5)9;/h2-3H,1H3;/q-1;+3. The van der Waals surface area contributed by atoms with Crippen LogP contribution in [0.25, 0.3) is 0 Å². The first-order valence-corrected chi connectivity index (χ1v) is 2.57. The molecule has 1 aliphatic carbocycles. The summed E-state index contributed by atoms with van der Waals surface area (Å²) >= 11 is 0. The largest absolute Gasteiger partial charge is 3.00 e. The molecular formula is C7H5O2Y+2. The SMILES string of the molecule is CC1=[C-]C(=O)C=CC1=O.[Y+3]. The molecule has 0 heterocycles. The van der Waals surface area contributed by atoms with Gasteiger partial charge in [0.25, 0.3) is 0 Å². The number of rotatable bonds is 0. The predicted molar refractivity (Wildman–Crippen MR) is 31.6 cm³/mol.